The lowest BCUT2D eigenvalue weighted by Gasteiger charge is -2.26. The van der Waals surface area contributed by atoms with Gasteiger partial charge in [-0.3, -0.25) is 4.90 Å². The van der Waals surface area contributed by atoms with Crippen molar-refractivity contribution in [3.05, 3.63) is 22.8 Å². The topological polar surface area (TPSA) is 54.2 Å². The van der Waals surface area contributed by atoms with E-state index in [0.717, 1.165) is 25.2 Å². The summed E-state index contributed by atoms with van der Waals surface area (Å²) in [6.45, 7) is 8.26. The Kier molecular flexibility index (Phi) is 5.68. The zero-order valence-electron chi connectivity index (χ0n) is 10.7. The molecule has 0 aliphatic carbocycles. The Labute approximate surface area is 108 Å². The number of nitrogens with one attached hydrogen (secondary N) is 1. The van der Waals surface area contributed by atoms with Crippen LogP contribution in [-0.4, -0.2) is 22.5 Å². The number of rotatable bonds is 6. The fourth-order valence-electron chi connectivity index (χ4n) is 1.71. The summed E-state index contributed by atoms with van der Waals surface area (Å²) in [6, 6.07) is 4.11. The van der Waals surface area contributed by atoms with Crippen LogP contribution >= 0.6 is 11.6 Å². The Hall–Kier alpha value is -0.840. The molecule has 17 heavy (non-hydrogen) atoms. The molecule has 0 aromatic carbocycles. The zero-order valence-corrected chi connectivity index (χ0v) is 11.5. The molecule has 1 aromatic rings. The van der Waals surface area contributed by atoms with Crippen molar-refractivity contribution in [1.29, 1.82) is 0 Å². The van der Waals surface area contributed by atoms with E-state index >= 15 is 0 Å². The molecule has 0 fully saturated rings. The molecule has 0 saturated carbocycles. The van der Waals surface area contributed by atoms with E-state index in [-0.39, 0.29) is 0 Å². The largest absolute Gasteiger partial charge is 0.308 e. The second kappa shape index (κ2) is 6.79. The highest BCUT2D eigenvalue weighted by Crippen LogP contribution is 2.19. The SMILES string of the molecule is CCC(C)N(CC)Cc1nc(NN)ccc1Cl. The van der Waals surface area contributed by atoms with E-state index in [1.807, 2.05) is 6.07 Å². The average molecular weight is 257 g/mol. The van der Waals surface area contributed by atoms with Crippen molar-refractivity contribution in [2.75, 3.05) is 12.0 Å². The molecule has 4 nitrogen and oxygen atoms in total. The van der Waals surface area contributed by atoms with Gasteiger partial charge in [0.1, 0.15) is 5.82 Å². The number of nitrogen functional groups attached to an aromatic ring is 1. The molecular weight excluding hydrogens is 236 g/mol. The lowest BCUT2D eigenvalue weighted by atomic mass is 10.2. The summed E-state index contributed by atoms with van der Waals surface area (Å²) in [7, 11) is 0. The maximum absolute atomic E-state index is 6.14. The third-order valence-corrected chi connectivity index (χ3v) is 3.38. The first-order chi connectivity index (χ1) is 8.12. The minimum absolute atomic E-state index is 0.521. The van der Waals surface area contributed by atoms with Crippen molar-refractivity contribution in [3.63, 3.8) is 0 Å². The van der Waals surface area contributed by atoms with Crippen LogP contribution < -0.4 is 11.3 Å². The van der Waals surface area contributed by atoms with Gasteiger partial charge in [0.05, 0.1) is 10.7 Å². The Bertz CT molecular complexity index is 356. The summed E-state index contributed by atoms with van der Waals surface area (Å²) < 4.78 is 0. The van der Waals surface area contributed by atoms with Crippen molar-refractivity contribution in [3.8, 4) is 0 Å². The van der Waals surface area contributed by atoms with Gasteiger partial charge in [0.25, 0.3) is 0 Å². The van der Waals surface area contributed by atoms with E-state index in [4.69, 9.17) is 17.4 Å². The number of nitrogens with two attached hydrogens (primary N) is 1. The van der Waals surface area contributed by atoms with E-state index in [0.29, 0.717) is 16.9 Å². The number of pyridine rings is 1. The molecule has 1 unspecified atom stereocenters. The van der Waals surface area contributed by atoms with Crippen LogP contribution in [-0.2, 0) is 6.54 Å². The van der Waals surface area contributed by atoms with Crippen molar-refractivity contribution in [2.45, 2.75) is 39.8 Å². The molecule has 5 heteroatoms. The van der Waals surface area contributed by atoms with Gasteiger partial charge in [-0.15, -0.1) is 0 Å². The molecule has 0 spiro atoms. The van der Waals surface area contributed by atoms with E-state index in [9.17, 15) is 0 Å². The zero-order chi connectivity index (χ0) is 12.8. The van der Waals surface area contributed by atoms with Crippen LogP contribution in [0, 0.1) is 0 Å². The minimum Gasteiger partial charge on any atom is -0.308 e. The van der Waals surface area contributed by atoms with Gasteiger partial charge >= 0.3 is 0 Å². The Morgan fingerprint density at radius 1 is 1.47 bits per heavy atom. The number of aromatic nitrogens is 1. The van der Waals surface area contributed by atoms with Crippen LogP contribution in [0.5, 0.6) is 0 Å². The highest BCUT2D eigenvalue weighted by Gasteiger charge is 2.13. The maximum Gasteiger partial charge on any atom is 0.140 e. The van der Waals surface area contributed by atoms with E-state index in [2.05, 4.69) is 36.1 Å². The lowest BCUT2D eigenvalue weighted by molar-refractivity contribution is 0.204. The van der Waals surface area contributed by atoms with Gasteiger partial charge in [0.15, 0.2) is 0 Å². The van der Waals surface area contributed by atoms with Crippen molar-refractivity contribution < 1.29 is 0 Å². The van der Waals surface area contributed by atoms with Crippen molar-refractivity contribution in [2.24, 2.45) is 5.84 Å². The van der Waals surface area contributed by atoms with E-state index in [1.54, 1.807) is 6.07 Å². The molecule has 0 saturated heterocycles. The predicted octanol–water partition coefficient (Wildman–Crippen LogP) is 2.64. The predicted molar refractivity (Wildman–Crippen MR) is 72.9 cm³/mol. The summed E-state index contributed by atoms with van der Waals surface area (Å²) in [5.41, 5.74) is 3.41. The normalized spacial score (nSPS) is 12.8. The van der Waals surface area contributed by atoms with Gasteiger partial charge in [-0.2, -0.15) is 0 Å². The highest BCUT2D eigenvalue weighted by molar-refractivity contribution is 6.31. The summed E-state index contributed by atoms with van der Waals surface area (Å²) >= 11 is 6.14. The molecule has 1 rings (SSSR count). The Morgan fingerprint density at radius 2 is 2.18 bits per heavy atom. The van der Waals surface area contributed by atoms with Crippen LogP contribution in [0.4, 0.5) is 5.82 Å². The van der Waals surface area contributed by atoms with Crippen LogP contribution in [0.3, 0.4) is 0 Å². The van der Waals surface area contributed by atoms with Gasteiger partial charge in [0.2, 0.25) is 0 Å². The average Bonchev–Trinajstić information content (AvgIpc) is 2.36. The second-order valence-corrected chi connectivity index (χ2v) is 4.50. The first-order valence-corrected chi connectivity index (χ1v) is 6.36. The monoisotopic (exact) mass is 256 g/mol. The molecule has 0 amide bonds. The highest BCUT2D eigenvalue weighted by atomic mass is 35.5. The maximum atomic E-state index is 6.14. The second-order valence-electron chi connectivity index (χ2n) is 4.09. The molecule has 0 radical (unpaired) electrons. The fraction of sp³-hybridized carbons (Fsp3) is 0.583. The smallest absolute Gasteiger partial charge is 0.140 e. The molecule has 0 bridgehead atoms. The van der Waals surface area contributed by atoms with Crippen LogP contribution in [0.25, 0.3) is 0 Å². The Balaban J connectivity index is 2.84. The standard InChI is InChI=1S/C12H21ClN4/c1-4-9(3)17(5-2)8-11-10(13)6-7-12(15-11)16-14/h6-7,9H,4-5,8,14H2,1-3H3,(H,15,16). The molecule has 0 aliphatic heterocycles. The molecule has 3 N–H and O–H groups in total. The molecule has 1 atom stereocenters. The fourth-order valence-corrected chi connectivity index (χ4v) is 1.87. The number of hydrazine groups is 1. The van der Waals surface area contributed by atoms with Gasteiger partial charge in [0, 0.05) is 12.6 Å². The van der Waals surface area contributed by atoms with Crippen LogP contribution in [0.15, 0.2) is 12.1 Å². The van der Waals surface area contributed by atoms with E-state index in [1.165, 1.54) is 0 Å². The first kappa shape index (κ1) is 14.2. The van der Waals surface area contributed by atoms with E-state index < -0.39 is 0 Å². The number of hydrogen-bond donors (Lipinski definition) is 2. The summed E-state index contributed by atoms with van der Waals surface area (Å²) in [5.74, 6) is 5.99. The molecule has 1 heterocycles. The molecule has 0 aliphatic rings. The van der Waals surface area contributed by atoms with Gasteiger partial charge in [-0.1, -0.05) is 25.4 Å². The minimum atomic E-state index is 0.521. The summed E-state index contributed by atoms with van der Waals surface area (Å²) in [5, 5.41) is 0.686. The van der Waals surface area contributed by atoms with Crippen LogP contribution in [0.2, 0.25) is 5.02 Å². The summed E-state index contributed by atoms with van der Waals surface area (Å²) in [6.07, 6.45) is 1.11. The van der Waals surface area contributed by atoms with Crippen molar-refractivity contribution in [1.82, 2.24) is 9.88 Å². The third kappa shape index (κ3) is 3.84. The Morgan fingerprint density at radius 3 is 2.71 bits per heavy atom. The molecule has 1 aromatic heterocycles. The summed E-state index contributed by atoms with van der Waals surface area (Å²) in [4.78, 5) is 6.73. The molecule has 96 valence electrons. The number of anilines is 1. The van der Waals surface area contributed by atoms with Gasteiger partial charge in [-0.25, -0.2) is 10.8 Å². The number of nitrogens with zero attached hydrogens (tertiary/aromatic N) is 2. The first-order valence-electron chi connectivity index (χ1n) is 5.98. The quantitative estimate of drug-likeness (QED) is 0.607. The van der Waals surface area contributed by atoms with Gasteiger partial charge in [-0.05, 0) is 32.0 Å². The number of hydrogen-bond acceptors (Lipinski definition) is 4. The van der Waals surface area contributed by atoms with Gasteiger partial charge < -0.3 is 5.43 Å². The lowest BCUT2D eigenvalue weighted by Crippen LogP contribution is -2.32. The van der Waals surface area contributed by atoms with Crippen molar-refractivity contribution >= 4 is 17.4 Å². The molecular formula is C12H21ClN4. The van der Waals surface area contributed by atoms with Crippen LogP contribution in [0.1, 0.15) is 32.9 Å². The third-order valence-electron chi connectivity index (χ3n) is 3.04. The number of halogens is 1.